The van der Waals surface area contributed by atoms with Gasteiger partial charge in [-0.15, -0.1) is 11.3 Å². The number of thiazole rings is 1. The largest absolute Gasteiger partial charge is 0.337 e. The van der Waals surface area contributed by atoms with Gasteiger partial charge in [0.1, 0.15) is 0 Å². The van der Waals surface area contributed by atoms with Crippen LogP contribution in [0.1, 0.15) is 12.5 Å². The highest BCUT2D eigenvalue weighted by Crippen LogP contribution is 2.28. The molecule has 0 atom stereocenters. The van der Waals surface area contributed by atoms with E-state index in [1.165, 1.54) is 10.3 Å². The third-order valence-corrected chi connectivity index (χ3v) is 5.44. The summed E-state index contributed by atoms with van der Waals surface area (Å²) < 4.78 is 3.17. The fourth-order valence-electron chi connectivity index (χ4n) is 3.13. The number of hydrogen-bond donors (Lipinski definition) is 1. The van der Waals surface area contributed by atoms with Gasteiger partial charge in [-0.25, -0.2) is 15.0 Å². The van der Waals surface area contributed by atoms with Crippen LogP contribution in [0.4, 0.5) is 11.5 Å². The van der Waals surface area contributed by atoms with Crippen LogP contribution in [0.15, 0.2) is 66.6 Å². The van der Waals surface area contributed by atoms with Crippen molar-refractivity contribution in [3.8, 4) is 11.3 Å². The molecule has 2 aromatic carbocycles. The van der Waals surface area contributed by atoms with Crippen LogP contribution in [-0.4, -0.2) is 19.4 Å². The second kappa shape index (κ2) is 6.48. The molecule has 5 rings (SSSR count). The van der Waals surface area contributed by atoms with Crippen molar-refractivity contribution < 1.29 is 0 Å². The van der Waals surface area contributed by atoms with E-state index in [4.69, 9.17) is 4.98 Å². The topological polar surface area (TPSA) is 55.1 Å². The molecule has 6 heteroatoms. The molecule has 0 aliphatic carbocycles. The molecule has 0 amide bonds. The van der Waals surface area contributed by atoms with Crippen LogP contribution >= 0.6 is 11.3 Å². The Kier molecular flexibility index (Phi) is 3.83. The molecule has 132 valence electrons. The van der Waals surface area contributed by atoms with Gasteiger partial charge >= 0.3 is 0 Å². The summed E-state index contributed by atoms with van der Waals surface area (Å²) in [7, 11) is 0. The van der Waals surface area contributed by atoms with Crippen molar-refractivity contribution in [2.45, 2.75) is 13.3 Å². The molecule has 3 aromatic heterocycles. The zero-order valence-electron chi connectivity index (χ0n) is 14.8. The molecule has 27 heavy (non-hydrogen) atoms. The van der Waals surface area contributed by atoms with Gasteiger partial charge in [-0.1, -0.05) is 25.1 Å². The number of rotatable bonds is 4. The number of fused-ring (bicyclic) bond motifs is 2. The lowest BCUT2D eigenvalue weighted by Gasteiger charge is -2.10. The molecular formula is C21H17N5S. The number of benzene rings is 2. The highest BCUT2D eigenvalue weighted by atomic mass is 32.1. The lowest BCUT2D eigenvalue weighted by molar-refractivity contribution is 1.13. The van der Waals surface area contributed by atoms with Gasteiger partial charge in [0.2, 0.25) is 0 Å². The van der Waals surface area contributed by atoms with Crippen molar-refractivity contribution in [1.82, 2.24) is 19.4 Å². The zero-order chi connectivity index (χ0) is 18.2. The molecule has 0 aliphatic rings. The van der Waals surface area contributed by atoms with Gasteiger partial charge in [0.25, 0.3) is 0 Å². The maximum Gasteiger partial charge on any atom is 0.180 e. The molecule has 1 N–H and O–H groups in total. The number of imidazole rings is 1. The van der Waals surface area contributed by atoms with Gasteiger partial charge < -0.3 is 9.72 Å². The second-order valence-corrected chi connectivity index (χ2v) is 7.23. The van der Waals surface area contributed by atoms with Crippen molar-refractivity contribution in [3.63, 3.8) is 0 Å². The number of hydrogen-bond acceptors (Lipinski definition) is 5. The van der Waals surface area contributed by atoms with Crippen molar-refractivity contribution in [2.75, 3.05) is 5.32 Å². The Morgan fingerprint density at radius 3 is 2.81 bits per heavy atom. The summed E-state index contributed by atoms with van der Waals surface area (Å²) >= 11 is 1.64. The SMILES string of the molecule is CCc1ccc(Nc2nc(-c3ccc4scnc4c3)cn3ccnc23)cc1. The predicted octanol–water partition coefficient (Wildman–Crippen LogP) is 5.31. The zero-order valence-corrected chi connectivity index (χ0v) is 15.6. The van der Waals surface area contributed by atoms with Gasteiger partial charge in [0, 0.05) is 29.8 Å². The average molecular weight is 371 g/mol. The van der Waals surface area contributed by atoms with Crippen molar-refractivity contribution in [2.24, 2.45) is 0 Å². The fraction of sp³-hybridized carbons (Fsp3) is 0.0952. The van der Waals surface area contributed by atoms with Gasteiger partial charge in [0.15, 0.2) is 11.5 Å². The van der Waals surface area contributed by atoms with Crippen LogP contribution < -0.4 is 5.32 Å². The maximum absolute atomic E-state index is 4.85. The van der Waals surface area contributed by atoms with E-state index in [0.717, 1.165) is 40.3 Å². The molecule has 0 radical (unpaired) electrons. The first kappa shape index (κ1) is 16.0. The van der Waals surface area contributed by atoms with Crippen LogP contribution in [0.25, 0.3) is 27.1 Å². The highest BCUT2D eigenvalue weighted by Gasteiger charge is 2.10. The Balaban J connectivity index is 1.59. The predicted molar refractivity (Wildman–Crippen MR) is 111 cm³/mol. The van der Waals surface area contributed by atoms with Crippen molar-refractivity contribution >= 4 is 38.7 Å². The number of nitrogens with one attached hydrogen (secondary N) is 1. The van der Waals surface area contributed by atoms with Crippen LogP contribution in [0, 0.1) is 0 Å². The molecule has 0 spiro atoms. The smallest absolute Gasteiger partial charge is 0.180 e. The number of aryl methyl sites for hydroxylation is 1. The van der Waals surface area contributed by atoms with Crippen molar-refractivity contribution in [1.29, 1.82) is 0 Å². The van der Waals surface area contributed by atoms with Crippen LogP contribution in [-0.2, 0) is 6.42 Å². The number of aromatic nitrogens is 4. The molecule has 3 heterocycles. The van der Waals surface area contributed by atoms with E-state index in [-0.39, 0.29) is 0 Å². The second-order valence-electron chi connectivity index (χ2n) is 6.34. The van der Waals surface area contributed by atoms with Gasteiger partial charge in [0.05, 0.1) is 21.4 Å². The first-order valence-corrected chi connectivity index (χ1v) is 9.71. The maximum atomic E-state index is 4.85. The summed E-state index contributed by atoms with van der Waals surface area (Å²) in [5.74, 6) is 0.736. The standard InChI is InChI=1S/C21H17N5S/c1-2-14-3-6-16(7-4-14)24-20-21-22-9-10-26(21)12-18(25-20)15-5-8-19-17(11-15)23-13-27-19/h3-13H,2H2,1H3,(H,24,25). The summed E-state index contributed by atoms with van der Waals surface area (Å²) in [5, 5.41) is 3.42. The third-order valence-electron chi connectivity index (χ3n) is 4.63. The monoisotopic (exact) mass is 371 g/mol. The van der Waals surface area contributed by atoms with E-state index < -0.39 is 0 Å². The van der Waals surface area contributed by atoms with E-state index >= 15 is 0 Å². The van der Waals surface area contributed by atoms with E-state index in [1.807, 2.05) is 22.3 Å². The molecular weight excluding hydrogens is 354 g/mol. The van der Waals surface area contributed by atoms with Crippen molar-refractivity contribution in [3.05, 3.63) is 72.1 Å². The lowest BCUT2D eigenvalue weighted by Crippen LogP contribution is -2.00. The molecule has 5 nitrogen and oxygen atoms in total. The van der Waals surface area contributed by atoms with Gasteiger partial charge in [-0.05, 0) is 36.2 Å². The van der Waals surface area contributed by atoms with Crippen LogP contribution in [0.2, 0.25) is 0 Å². The van der Waals surface area contributed by atoms with E-state index in [9.17, 15) is 0 Å². The summed E-state index contributed by atoms with van der Waals surface area (Å²) in [5.41, 5.74) is 7.88. The Morgan fingerprint density at radius 2 is 1.96 bits per heavy atom. The summed E-state index contributed by atoms with van der Waals surface area (Å²) in [6.45, 7) is 2.15. The quantitative estimate of drug-likeness (QED) is 0.465. The third kappa shape index (κ3) is 2.94. The van der Waals surface area contributed by atoms with Gasteiger partial charge in [-0.3, -0.25) is 0 Å². The molecule has 0 saturated heterocycles. The Morgan fingerprint density at radius 1 is 1.07 bits per heavy atom. The van der Waals surface area contributed by atoms with E-state index in [2.05, 4.69) is 64.7 Å². The first-order chi connectivity index (χ1) is 13.3. The Hall–Kier alpha value is -3.25. The Bertz CT molecular complexity index is 1240. The highest BCUT2D eigenvalue weighted by molar-refractivity contribution is 7.16. The summed E-state index contributed by atoms with van der Waals surface area (Å²) in [6, 6.07) is 14.7. The molecule has 5 aromatic rings. The molecule has 0 fully saturated rings. The average Bonchev–Trinajstić information content (AvgIpc) is 3.37. The first-order valence-electron chi connectivity index (χ1n) is 8.83. The molecule has 0 bridgehead atoms. The minimum atomic E-state index is 0.736. The minimum Gasteiger partial charge on any atom is -0.337 e. The summed E-state index contributed by atoms with van der Waals surface area (Å²) in [6.07, 6.45) is 6.75. The molecule has 0 unspecified atom stereocenters. The van der Waals surface area contributed by atoms with Crippen LogP contribution in [0.5, 0.6) is 0 Å². The summed E-state index contributed by atoms with van der Waals surface area (Å²) in [4.78, 5) is 13.7. The minimum absolute atomic E-state index is 0.736. The van der Waals surface area contributed by atoms with Gasteiger partial charge in [-0.2, -0.15) is 0 Å². The van der Waals surface area contributed by atoms with E-state index in [0.29, 0.717) is 0 Å². The molecule has 0 saturated carbocycles. The molecule has 0 aliphatic heterocycles. The van der Waals surface area contributed by atoms with E-state index in [1.54, 1.807) is 17.5 Å². The number of anilines is 2. The number of nitrogens with zero attached hydrogens (tertiary/aromatic N) is 4. The van der Waals surface area contributed by atoms with Crippen LogP contribution in [0.3, 0.4) is 0 Å². The Labute approximate surface area is 160 Å². The lowest BCUT2D eigenvalue weighted by atomic mass is 10.1. The normalized spacial score (nSPS) is 11.3. The fourth-order valence-corrected chi connectivity index (χ4v) is 3.79.